The number of phenols is 5. The maximum atomic E-state index is 13.6. The summed E-state index contributed by atoms with van der Waals surface area (Å²) in [6.45, 7) is 1.92. The van der Waals surface area contributed by atoms with Crippen molar-refractivity contribution < 1.29 is 79.5 Å². The van der Waals surface area contributed by atoms with Crippen LogP contribution in [0.1, 0.15) is 13.8 Å². The third-order valence-corrected chi connectivity index (χ3v) is 7.83. The highest BCUT2D eigenvalue weighted by Gasteiger charge is 2.52. The standard InChI is InChI=1S/C28H32O17/c1-8-24(38)28(2,40)25(39)27(42-8)41-7-15-18(34)20(36)21(37)26(44-15)45-23-19(35)16-11(30)5-10(29)6-14(16)43-22(23)9-3-12(31)17(33)13(32)4-9/h3-6,8,15,18,20-21,24-27,29-34,36-40H,7H2,1-2H3/t8-,15+,18+,20-,21+,24-,25-,26-,27+,28+/m0/s1. The van der Waals surface area contributed by atoms with Crippen molar-refractivity contribution in [3.63, 3.8) is 0 Å². The summed E-state index contributed by atoms with van der Waals surface area (Å²) in [5, 5.41) is 113. The molecule has 0 unspecified atom stereocenters. The van der Waals surface area contributed by atoms with Crippen molar-refractivity contribution in [3.8, 4) is 45.8 Å². The van der Waals surface area contributed by atoms with Crippen LogP contribution in [-0.4, -0.2) is 124 Å². The van der Waals surface area contributed by atoms with Gasteiger partial charge in [-0.25, -0.2) is 0 Å². The monoisotopic (exact) mass is 640 g/mol. The van der Waals surface area contributed by atoms with Crippen LogP contribution in [0.25, 0.3) is 22.3 Å². The molecule has 0 radical (unpaired) electrons. The van der Waals surface area contributed by atoms with Crippen molar-refractivity contribution >= 4 is 11.0 Å². The Morgan fingerprint density at radius 2 is 1.47 bits per heavy atom. The molecule has 0 bridgehead atoms. The van der Waals surface area contributed by atoms with Gasteiger partial charge in [0, 0.05) is 17.7 Å². The lowest BCUT2D eigenvalue weighted by molar-refractivity contribution is -0.336. The molecule has 11 N–H and O–H groups in total. The Hall–Kier alpha value is -3.91. The molecule has 2 aromatic carbocycles. The van der Waals surface area contributed by atoms with Gasteiger partial charge in [-0.15, -0.1) is 0 Å². The molecule has 0 saturated carbocycles. The second kappa shape index (κ2) is 11.8. The van der Waals surface area contributed by atoms with E-state index in [0.29, 0.717) is 0 Å². The van der Waals surface area contributed by atoms with Gasteiger partial charge in [0.05, 0.1) is 12.7 Å². The molecule has 3 aromatic rings. The highest BCUT2D eigenvalue weighted by molar-refractivity contribution is 5.88. The van der Waals surface area contributed by atoms with Gasteiger partial charge in [0.15, 0.2) is 29.3 Å². The Bertz CT molecular complexity index is 1610. The SMILES string of the molecule is C[C@@H]1O[C@@H](OC[C@H]2O[C@@H](Oc3c(-c4cc(O)c(O)c(O)c4)oc4cc(O)cc(O)c4c3=O)[C@H](O)[C@@H](O)[C@@H]2O)[C@H](O)[C@](C)(O)[C@H]1O. The normalized spacial score (nSPS) is 33.7. The van der Waals surface area contributed by atoms with Gasteiger partial charge in [0.1, 0.15) is 64.7 Å². The summed E-state index contributed by atoms with van der Waals surface area (Å²) < 4.78 is 27.8. The fourth-order valence-corrected chi connectivity index (χ4v) is 5.17. The highest BCUT2D eigenvalue weighted by Crippen LogP contribution is 2.43. The number of ether oxygens (including phenoxy) is 4. The number of aromatic hydroxyl groups is 5. The van der Waals surface area contributed by atoms with E-state index < -0.39 is 119 Å². The Balaban J connectivity index is 1.50. The van der Waals surface area contributed by atoms with Gasteiger partial charge < -0.3 is 79.5 Å². The smallest absolute Gasteiger partial charge is 0.239 e. The topological polar surface area (TPSA) is 290 Å². The average molecular weight is 641 g/mol. The van der Waals surface area contributed by atoms with Gasteiger partial charge in [0.25, 0.3) is 0 Å². The van der Waals surface area contributed by atoms with E-state index in [1.807, 2.05) is 0 Å². The third-order valence-electron chi connectivity index (χ3n) is 7.83. The van der Waals surface area contributed by atoms with Crippen LogP contribution in [-0.2, 0) is 14.2 Å². The van der Waals surface area contributed by atoms with Crippen molar-refractivity contribution in [2.75, 3.05) is 6.61 Å². The molecule has 2 aliphatic heterocycles. The van der Waals surface area contributed by atoms with Crippen LogP contribution in [0, 0.1) is 0 Å². The first-order chi connectivity index (χ1) is 21.0. The molecule has 0 amide bonds. The summed E-state index contributed by atoms with van der Waals surface area (Å²) in [5.41, 5.74) is -3.79. The number of aliphatic hydroxyl groups is 6. The van der Waals surface area contributed by atoms with E-state index in [9.17, 15) is 61.0 Å². The largest absolute Gasteiger partial charge is 0.508 e. The summed E-state index contributed by atoms with van der Waals surface area (Å²) in [6.07, 6.45) is -15.1. The van der Waals surface area contributed by atoms with Crippen LogP contribution in [0.2, 0.25) is 0 Å². The van der Waals surface area contributed by atoms with Gasteiger partial charge in [-0.2, -0.15) is 0 Å². The molecular weight excluding hydrogens is 608 g/mol. The van der Waals surface area contributed by atoms with Crippen molar-refractivity contribution in [2.45, 2.75) is 74.8 Å². The first kappa shape index (κ1) is 32.5. The minimum absolute atomic E-state index is 0.266. The summed E-state index contributed by atoms with van der Waals surface area (Å²) in [6, 6.07) is 3.57. The summed E-state index contributed by atoms with van der Waals surface area (Å²) in [4.78, 5) is 13.6. The molecule has 0 aliphatic carbocycles. The van der Waals surface area contributed by atoms with Crippen molar-refractivity contribution in [1.29, 1.82) is 0 Å². The summed E-state index contributed by atoms with van der Waals surface area (Å²) in [7, 11) is 0. The molecule has 45 heavy (non-hydrogen) atoms. The molecule has 3 heterocycles. The molecule has 0 spiro atoms. The lowest BCUT2D eigenvalue weighted by atomic mass is 9.86. The Kier molecular flexibility index (Phi) is 8.51. The number of hydrogen-bond donors (Lipinski definition) is 11. The average Bonchev–Trinajstić information content (AvgIpc) is 2.97. The number of benzene rings is 2. The zero-order valence-corrected chi connectivity index (χ0v) is 23.6. The molecule has 1 aromatic heterocycles. The zero-order chi connectivity index (χ0) is 33.1. The first-order valence-corrected chi connectivity index (χ1v) is 13.5. The van der Waals surface area contributed by atoms with Gasteiger partial charge in [-0.05, 0) is 26.0 Å². The summed E-state index contributed by atoms with van der Waals surface area (Å²) >= 11 is 0. The number of aliphatic hydroxyl groups excluding tert-OH is 5. The fraction of sp³-hybridized carbons (Fsp3) is 0.464. The van der Waals surface area contributed by atoms with E-state index in [2.05, 4.69) is 0 Å². The maximum absolute atomic E-state index is 13.6. The molecule has 246 valence electrons. The fourth-order valence-electron chi connectivity index (χ4n) is 5.17. The Labute approximate surface area is 252 Å². The first-order valence-electron chi connectivity index (χ1n) is 13.5. The molecule has 2 saturated heterocycles. The van der Waals surface area contributed by atoms with Crippen LogP contribution in [0.5, 0.6) is 34.5 Å². The summed E-state index contributed by atoms with van der Waals surface area (Å²) in [5.74, 6) is -5.17. The highest BCUT2D eigenvalue weighted by atomic mass is 16.7. The molecule has 2 aliphatic rings. The molecular formula is C28H32O17. The van der Waals surface area contributed by atoms with Gasteiger partial charge in [-0.1, -0.05) is 0 Å². The van der Waals surface area contributed by atoms with Crippen molar-refractivity contribution in [2.24, 2.45) is 0 Å². The molecule has 5 rings (SSSR count). The van der Waals surface area contributed by atoms with Gasteiger partial charge in [0.2, 0.25) is 17.5 Å². The van der Waals surface area contributed by atoms with Crippen LogP contribution in [0.15, 0.2) is 33.5 Å². The Morgan fingerprint density at radius 1 is 0.822 bits per heavy atom. The number of rotatable bonds is 6. The van der Waals surface area contributed by atoms with E-state index >= 15 is 0 Å². The van der Waals surface area contributed by atoms with E-state index in [0.717, 1.165) is 31.2 Å². The third kappa shape index (κ3) is 5.69. The van der Waals surface area contributed by atoms with Crippen LogP contribution >= 0.6 is 0 Å². The van der Waals surface area contributed by atoms with Crippen LogP contribution < -0.4 is 10.2 Å². The minimum atomic E-state index is -2.05. The predicted octanol–water partition coefficient (Wildman–Crippen LogP) is -1.59. The molecule has 10 atom stereocenters. The van der Waals surface area contributed by atoms with E-state index in [4.69, 9.17) is 23.4 Å². The lowest BCUT2D eigenvalue weighted by Crippen LogP contribution is -2.65. The minimum Gasteiger partial charge on any atom is -0.508 e. The number of hydrogen-bond acceptors (Lipinski definition) is 17. The maximum Gasteiger partial charge on any atom is 0.239 e. The predicted molar refractivity (Wildman–Crippen MR) is 146 cm³/mol. The number of phenolic OH excluding ortho intramolecular Hbond substituents is 5. The second-order valence-corrected chi connectivity index (χ2v) is 11.1. The number of fused-ring (bicyclic) bond motifs is 1. The van der Waals surface area contributed by atoms with Crippen LogP contribution in [0.3, 0.4) is 0 Å². The van der Waals surface area contributed by atoms with E-state index in [-0.39, 0.29) is 11.1 Å². The lowest BCUT2D eigenvalue weighted by Gasteiger charge is -2.46. The van der Waals surface area contributed by atoms with Crippen molar-refractivity contribution in [3.05, 3.63) is 34.5 Å². The van der Waals surface area contributed by atoms with Crippen LogP contribution in [0.4, 0.5) is 0 Å². The van der Waals surface area contributed by atoms with E-state index in [1.54, 1.807) is 0 Å². The Morgan fingerprint density at radius 3 is 2.11 bits per heavy atom. The quantitative estimate of drug-likeness (QED) is 0.135. The zero-order valence-electron chi connectivity index (χ0n) is 23.6. The van der Waals surface area contributed by atoms with E-state index in [1.165, 1.54) is 6.92 Å². The van der Waals surface area contributed by atoms with Gasteiger partial charge >= 0.3 is 0 Å². The molecule has 2 fully saturated rings. The molecule has 17 nitrogen and oxygen atoms in total. The second-order valence-electron chi connectivity index (χ2n) is 11.1. The van der Waals surface area contributed by atoms with Gasteiger partial charge in [-0.3, -0.25) is 4.79 Å². The molecule has 17 heteroatoms. The van der Waals surface area contributed by atoms with Crippen molar-refractivity contribution in [1.82, 2.24) is 0 Å².